The van der Waals surface area contributed by atoms with Gasteiger partial charge in [-0.15, -0.1) is 0 Å². The summed E-state index contributed by atoms with van der Waals surface area (Å²) >= 11 is 0. The van der Waals surface area contributed by atoms with E-state index in [4.69, 9.17) is 4.52 Å². The Morgan fingerprint density at radius 1 is 1.31 bits per heavy atom. The molecule has 3 aromatic rings. The number of aryl methyl sites for hydroxylation is 1. The van der Waals surface area contributed by atoms with E-state index in [1.165, 1.54) is 5.56 Å². The van der Waals surface area contributed by atoms with Gasteiger partial charge < -0.3 is 14.0 Å². The Morgan fingerprint density at radius 3 is 2.92 bits per heavy atom. The normalized spacial score (nSPS) is 17.4. The largest absolute Gasteiger partial charge is 0.361 e. The van der Waals surface area contributed by atoms with Crippen LogP contribution in [0.15, 0.2) is 53.3 Å². The highest BCUT2D eigenvalue weighted by atomic mass is 16.5. The molecule has 134 valence electrons. The van der Waals surface area contributed by atoms with Crippen molar-refractivity contribution in [2.75, 3.05) is 13.1 Å². The molecule has 1 atom stereocenters. The highest BCUT2D eigenvalue weighted by Crippen LogP contribution is 2.27. The molecule has 1 fully saturated rings. The molecular weight excluding hydrogens is 328 g/mol. The van der Waals surface area contributed by atoms with E-state index in [1.54, 1.807) is 13.0 Å². The average molecular weight is 350 g/mol. The van der Waals surface area contributed by atoms with Crippen LogP contribution < -0.4 is 0 Å². The zero-order valence-corrected chi connectivity index (χ0v) is 14.8. The molecule has 1 amide bonds. The van der Waals surface area contributed by atoms with Gasteiger partial charge in [0, 0.05) is 44.0 Å². The number of hydrogen-bond donors (Lipinski definition) is 0. The van der Waals surface area contributed by atoms with E-state index in [9.17, 15) is 4.79 Å². The zero-order valence-electron chi connectivity index (χ0n) is 14.8. The molecule has 0 N–H and O–H groups in total. The summed E-state index contributed by atoms with van der Waals surface area (Å²) < 4.78 is 7.24. The molecule has 0 radical (unpaired) electrons. The molecule has 2 aromatic heterocycles. The minimum absolute atomic E-state index is 0.0623. The number of amides is 1. The van der Waals surface area contributed by atoms with Gasteiger partial charge in [-0.1, -0.05) is 35.5 Å². The molecule has 0 bridgehead atoms. The predicted octanol–water partition coefficient (Wildman–Crippen LogP) is 3.25. The van der Waals surface area contributed by atoms with E-state index in [-0.39, 0.29) is 11.8 Å². The van der Waals surface area contributed by atoms with Crippen LogP contribution in [-0.4, -0.2) is 38.6 Å². The van der Waals surface area contributed by atoms with Crippen molar-refractivity contribution in [2.45, 2.75) is 32.2 Å². The van der Waals surface area contributed by atoms with Gasteiger partial charge in [0.2, 0.25) is 0 Å². The molecule has 4 rings (SSSR count). The van der Waals surface area contributed by atoms with Gasteiger partial charge >= 0.3 is 0 Å². The summed E-state index contributed by atoms with van der Waals surface area (Å²) in [7, 11) is 0. The lowest BCUT2D eigenvalue weighted by atomic mass is 9.96. The standard InChI is InChI=1S/C20H22N4O2/c1-15-12-18(22-26-15)20(25)24-10-5-8-17(14-24)19-21-9-11-23(19)13-16-6-3-2-4-7-16/h2-4,6-7,9,11-12,17H,5,8,10,13-14H2,1H3/t17-/m1/s1. The molecule has 1 aromatic carbocycles. The third-order valence-corrected chi connectivity index (χ3v) is 4.86. The molecule has 6 heteroatoms. The average Bonchev–Trinajstić information content (AvgIpc) is 3.31. The Kier molecular flexibility index (Phi) is 4.56. The Morgan fingerprint density at radius 2 is 2.15 bits per heavy atom. The summed E-state index contributed by atoms with van der Waals surface area (Å²) in [5.41, 5.74) is 1.63. The minimum atomic E-state index is -0.0623. The van der Waals surface area contributed by atoms with Gasteiger partial charge in [-0.3, -0.25) is 4.79 Å². The summed E-state index contributed by atoms with van der Waals surface area (Å²) in [4.78, 5) is 19.1. The number of rotatable bonds is 4. The number of piperidine rings is 1. The fourth-order valence-electron chi connectivity index (χ4n) is 3.60. The van der Waals surface area contributed by atoms with Crippen LogP contribution in [0.3, 0.4) is 0 Å². The number of aromatic nitrogens is 3. The number of likely N-dealkylation sites (tertiary alicyclic amines) is 1. The van der Waals surface area contributed by atoms with Crippen LogP contribution in [0.2, 0.25) is 0 Å². The van der Waals surface area contributed by atoms with Gasteiger partial charge in [0.15, 0.2) is 5.69 Å². The van der Waals surface area contributed by atoms with Crippen molar-refractivity contribution in [3.63, 3.8) is 0 Å². The molecular formula is C20H22N4O2. The van der Waals surface area contributed by atoms with Crippen molar-refractivity contribution in [2.24, 2.45) is 0 Å². The maximum Gasteiger partial charge on any atom is 0.276 e. The summed E-state index contributed by atoms with van der Waals surface area (Å²) in [6.07, 6.45) is 5.86. The first-order valence-electron chi connectivity index (χ1n) is 8.98. The van der Waals surface area contributed by atoms with Gasteiger partial charge in [0.1, 0.15) is 11.6 Å². The van der Waals surface area contributed by atoms with E-state index < -0.39 is 0 Å². The predicted molar refractivity (Wildman–Crippen MR) is 96.9 cm³/mol. The van der Waals surface area contributed by atoms with Crippen LogP contribution in [0, 0.1) is 6.92 Å². The maximum absolute atomic E-state index is 12.7. The van der Waals surface area contributed by atoms with Gasteiger partial charge in [0.05, 0.1) is 0 Å². The molecule has 6 nitrogen and oxygen atoms in total. The second-order valence-corrected chi connectivity index (χ2v) is 6.81. The second-order valence-electron chi connectivity index (χ2n) is 6.81. The van der Waals surface area contributed by atoms with Crippen molar-refractivity contribution in [1.29, 1.82) is 0 Å². The SMILES string of the molecule is Cc1cc(C(=O)N2CCC[C@@H](c3nccn3Cc3ccccc3)C2)no1. The molecule has 0 spiro atoms. The van der Waals surface area contributed by atoms with E-state index in [2.05, 4.69) is 26.8 Å². The third-order valence-electron chi connectivity index (χ3n) is 4.86. The lowest BCUT2D eigenvalue weighted by molar-refractivity contribution is 0.0693. The lowest BCUT2D eigenvalue weighted by Crippen LogP contribution is -2.40. The smallest absolute Gasteiger partial charge is 0.276 e. The van der Waals surface area contributed by atoms with Crippen LogP contribution in [0.5, 0.6) is 0 Å². The first-order chi connectivity index (χ1) is 12.7. The number of hydrogen-bond acceptors (Lipinski definition) is 4. The molecule has 0 unspecified atom stereocenters. The summed E-state index contributed by atoms with van der Waals surface area (Å²) in [6.45, 7) is 4.00. The highest BCUT2D eigenvalue weighted by molar-refractivity contribution is 5.92. The van der Waals surface area contributed by atoms with Crippen molar-refractivity contribution in [3.05, 3.63) is 71.6 Å². The Balaban J connectivity index is 1.50. The summed E-state index contributed by atoms with van der Waals surface area (Å²) in [6, 6.07) is 12.1. The zero-order chi connectivity index (χ0) is 17.9. The monoisotopic (exact) mass is 350 g/mol. The van der Waals surface area contributed by atoms with E-state index in [0.717, 1.165) is 31.8 Å². The number of nitrogens with zero attached hydrogens (tertiary/aromatic N) is 4. The maximum atomic E-state index is 12.7. The molecule has 0 saturated carbocycles. The number of carbonyl (C=O) groups excluding carboxylic acids is 1. The van der Waals surface area contributed by atoms with Gasteiger partial charge in [-0.05, 0) is 25.3 Å². The number of carbonyl (C=O) groups is 1. The van der Waals surface area contributed by atoms with Crippen molar-refractivity contribution < 1.29 is 9.32 Å². The fourth-order valence-corrected chi connectivity index (χ4v) is 3.60. The second kappa shape index (κ2) is 7.15. The van der Waals surface area contributed by atoms with Gasteiger partial charge in [-0.2, -0.15) is 0 Å². The first-order valence-corrected chi connectivity index (χ1v) is 8.98. The number of imidazole rings is 1. The van der Waals surface area contributed by atoms with E-state index >= 15 is 0 Å². The molecule has 1 saturated heterocycles. The Bertz CT molecular complexity index is 884. The topological polar surface area (TPSA) is 64.2 Å². The van der Waals surface area contributed by atoms with Crippen molar-refractivity contribution in [1.82, 2.24) is 19.6 Å². The summed E-state index contributed by atoms with van der Waals surface area (Å²) in [5.74, 6) is 1.87. The molecule has 1 aliphatic heterocycles. The molecule has 1 aliphatic rings. The van der Waals surface area contributed by atoms with Crippen LogP contribution in [0.4, 0.5) is 0 Å². The van der Waals surface area contributed by atoms with Crippen LogP contribution in [-0.2, 0) is 6.54 Å². The molecule has 3 heterocycles. The van der Waals surface area contributed by atoms with Gasteiger partial charge in [0.25, 0.3) is 5.91 Å². The van der Waals surface area contributed by atoms with Crippen LogP contribution >= 0.6 is 0 Å². The molecule has 26 heavy (non-hydrogen) atoms. The van der Waals surface area contributed by atoms with Crippen LogP contribution in [0.1, 0.15) is 46.4 Å². The quantitative estimate of drug-likeness (QED) is 0.724. The van der Waals surface area contributed by atoms with E-state index in [0.29, 0.717) is 18.0 Å². The highest BCUT2D eigenvalue weighted by Gasteiger charge is 2.29. The fraction of sp³-hybridized carbons (Fsp3) is 0.350. The summed E-state index contributed by atoms with van der Waals surface area (Å²) in [5, 5.41) is 3.87. The molecule has 0 aliphatic carbocycles. The van der Waals surface area contributed by atoms with E-state index in [1.807, 2.05) is 35.5 Å². The Hall–Kier alpha value is -2.89. The minimum Gasteiger partial charge on any atom is -0.361 e. The first kappa shape index (κ1) is 16.6. The van der Waals surface area contributed by atoms with Crippen molar-refractivity contribution >= 4 is 5.91 Å². The van der Waals surface area contributed by atoms with Crippen molar-refractivity contribution in [3.8, 4) is 0 Å². The van der Waals surface area contributed by atoms with Crippen LogP contribution in [0.25, 0.3) is 0 Å². The van der Waals surface area contributed by atoms with Gasteiger partial charge in [-0.25, -0.2) is 4.98 Å². The Labute approximate surface area is 152 Å². The lowest BCUT2D eigenvalue weighted by Gasteiger charge is -2.32. The third kappa shape index (κ3) is 3.40. The number of benzene rings is 1.